The first-order valence-electron chi connectivity index (χ1n) is 7.18. The molecule has 21 heavy (non-hydrogen) atoms. The van der Waals surface area contributed by atoms with Gasteiger partial charge >= 0.3 is 5.97 Å². The van der Waals surface area contributed by atoms with Crippen LogP contribution in [-0.4, -0.2) is 40.0 Å². The van der Waals surface area contributed by atoms with Crippen LogP contribution in [0.4, 0.5) is 0 Å². The van der Waals surface area contributed by atoms with Crippen LogP contribution in [0.5, 0.6) is 0 Å². The number of carboxylic acid groups (broad SMARTS) is 1. The zero-order valence-corrected chi connectivity index (χ0v) is 12.1. The second-order valence-electron chi connectivity index (χ2n) is 5.56. The summed E-state index contributed by atoms with van der Waals surface area (Å²) in [6.07, 6.45) is 3.89. The number of aryl methyl sites for hydroxylation is 1. The molecule has 2 heterocycles. The summed E-state index contributed by atoms with van der Waals surface area (Å²) in [6, 6.07) is 1.42. The van der Waals surface area contributed by atoms with E-state index in [1.54, 1.807) is 11.8 Å². The number of nitrogens with zero attached hydrogens (tertiary/aromatic N) is 1. The Kier molecular flexibility index (Phi) is 4.77. The number of amides is 1. The van der Waals surface area contributed by atoms with Gasteiger partial charge < -0.3 is 15.0 Å². The molecule has 2 N–H and O–H groups in total. The molecule has 0 unspecified atom stereocenters. The van der Waals surface area contributed by atoms with Gasteiger partial charge in [0.1, 0.15) is 5.56 Å². The highest BCUT2D eigenvalue weighted by Crippen LogP contribution is 2.22. The minimum absolute atomic E-state index is 0.171. The highest BCUT2D eigenvalue weighted by Gasteiger charge is 2.25. The first-order chi connectivity index (χ1) is 9.97. The van der Waals surface area contributed by atoms with E-state index in [4.69, 9.17) is 5.11 Å². The maximum atomic E-state index is 12.3. The molecule has 114 valence electrons. The molecule has 1 saturated heterocycles. The number of aliphatic carboxylic acids is 1. The van der Waals surface area contributed by atoms with Crippen LogP contribution < -0.4 is 5.43 Å². The summed E-state index contributed by atoms with van der Waals surface area (Å²) < 4.78 is 0. The number of rotatable bonds is 4. The minimum Gasteiger partial charge on any atom is -0.481 e. The van der Waals surface area contributed by atoms with Crippen LogP contribution in [0.3, 0.4) is 0 Å². The van der Waals surface area contributed by atoms with E-state index < -0.39 is 5.97 Å². The molecule has 0 aliphatic carbocycles. The average molecular weight is 292 g/mol. The van der Waals surface area contributed by atoms with Crippen molar-refractivity contribution in [1.29, 1.82) is 0 Å². The molecule has 1 aromatic heterocycles. The van der Waals surface area contributed by atoms with Crippen molar-refractivity contribution in [2.45, 2.75) is 32.6 Å². The largest absolute Gasteiger partial charge is 0.481 e. The third-order valence-corrected chi connectivity index (χ3v) is 3.96. The fourth-order valence-corrected chi connectivity index (χ4v) is 2.66. The molecule has 6 heteroatoms. The van der Waals surface area contributed by atoms with Gasteiger partial charge in [-0.1, -0.05) is 0 Å². The molecular formula is C15H20N2O4. The van der Waals surface area contributed by atoms with Crippen LogP contribution in [0.15, 0.2) is 17.1 Å². The van der Waals surface area contributed by atoms with Gasteiger partial charge in [-0.15, -0.1) is 0 Å². The predicted octanol–water partition coefficient (Wildman–Crippen LogP) is 1.40. The summed E-state index contributed by atoms with van der Waals surface area (Å²) in [4.78, 5) is 39.3. The highest BCUT2D eigenvalue weighted by molar-refractivity contribution is 5.93. The molecule has 1 aromatic rings. The summed E-state index contributed by atoms with van der Waals surface area (Å²) >= 11 is 0. The van der Waals surface area contributed by atoms with E-state index >= 15 is 0 Å². The van der Waals surface area contributed by atoms with Crippen molar-refractivity contribution in [2.24, 2.45) is 5.92 Å². The fraction of sp³-hybridized carbons (Fsp3) is 0.533. The van der Waals surface area contributed by atoms with Crippen molar-refractivity contribution in [3.8, 4) is 0 Å². The highest BCUT2D eigenvalue weighted by atomic mass is 16.4. The molecule has 1 aliphatic heterocycles. The number of H-pyrrole nitrogens is 1. The third kappa shape index (κ3) is 3.93. The topological polar surface area (TPSA) is 90.5 Å². The van der Waals surface area contributed by atoms with Gasteiger partial charge in [0, 0.05) is 37.5 Å². The van der Waals surface area contributed by atoms with Gasteiger partial charge in [0.25, 0.3) is 5.91 Å². The molecule has 1 aliphatic rings. The smallest absolute Gasteiger partial charge is 0.303 e. The number of carbonyl (C=O) groups excluding carboxylic acids is 1. The Labute approximate surface area is 122 Å². The lowest BCUT2D eigenvalue weighted by Gasteiger charge is -2.31. The van der Waals surface area contributed by atoms with Crippen LogP contribution >= 0.6 is 0 Å². The predicted molar refractivity (Wildman–Crippen MR) is 77.3 cm³/mol. The Morgan fingerprint density at radius 1 is 1.38 bits per heavy atom. The molecular weight excluding hydrogens is 272 g/mol. The molecule has 6 nitrogen and oxygen atoms in total. The number of aromatic amines is 1. The lowest BCUT2D eigenvalue weighted by Crippen LogP contribution is -2.40. The Hall–Kier alpha value is -2.11. The van der Waals surface area contributed by atoms with Crippen LogP contribution in [0, 0.1) is 12.8 Å². The minimum atomic E-state index is -0.778. The monoisotopic (exact) mass is 292 g/mol. The first kappa shape index (κ1) is 15.3. The van der Waals surface area contributed by atoms with Gasteiger partial charge in [0.05, 0.1) is 0 Å². The molecule has 0 atom stereocenters. The Morgan fingerprint density at radius 2 is 2.05 bits per heavy atom. The molecule has 0 bridgehead atoms. The van der Waals surface area contributed by atoms with E-state index in [0.29, 0.717) is 25.4 Å². The van der Waals surface area contributed by atoms with Crippen molar-refractivity contribution < 1.29 is 14.7 Å². The first-order valence-corrected chi connectivity index (χ1v) is 7.18. The van der Waals surface area contributed by atoms with E-state index in [1.807, 2.05) is 0 Å². The van der Waals surface area contributed by atoms with Gasteiger partial charge in [-0.2, -0.15) is 0 Å². The van der Waals surface area contributed by atoms with Crippen LogP contribution in [0.1, 0.15) is 41.7 Å². The molecule has 0 aromatic carbocycles. The Balaban J connectivity index is 1.94. The molecule has 0 saturated carbocycles. The van der Waals surface area contributed by atoms with Crippen LogP contribution in [-0.2, 0) is 4.79 Å². The average Bonchev–Trinajstić information content (AvgIpc) is 2.45. The SMILES string of the molecule is Cc1cc(=O)c(C(=O)N2CCC(CCC(=O)O)CC2)c[nH]1. The lowest BCUT2D eigenvalue weighted by atomic mass is 9.92. The van der Waals surface area contributed by atoms with Gasteiger partial charge in [-0.3, -0.25) is 14.4 Å². The van der Waals surface area contributed by atoms with E-state index in [9.17, 15) is 14.4 Å². The maximum absolute atomic E-state index is 12.3. The van der Waals surface area contributed by atoms with Crippen LogP contribution in [0.25, 0.3) is 0 Å². The zero-order chi connectivity index (χ0) is 15.4. The van der Waals surface area contributed by atoms with Crippen LogP contribution in [0.2, 0.25) is 0 Å². The summed E-state index contributed by atoms with van der Waals surface area (Å²) in [7, 11) is 0. The Morgan fingerprint density at radius 3 is 2.62 bits per heavy atom. The Bertz CT molecular complexity index is 586. The van der Waals surface area contributed by atoms with E-state index in [1.165, 1.54) is 12.3 Å². The molecule has 0 spiro atoms. The number of carboxylic acids is 1. The molecule has 2 rings (SSSR count). The third-order valence-electron chi connectivity index (χ3n) is 3.96. The van der Waals surface area contributed by atoms with Crippen molar-refractivity contribution in [2.75, 3.05) is 13.1 Å². The quantitative estimate of drug-likeness (QED) is 0.877. The van der Waals surface area contributed by atoms with Crippen molar-refractivity contribution >= 4 is 11.9 Å². The second kappa shape index (κ2) is 6.56. The molecule has 1 amide bonds. The number of pyridine rings is 1. The number of piperidine rings is 1. The molecule has 0 radical (unpaired) electrons. The number of likely N-dealkylation sites (tertiary alicyclic amines) is 1. The number of hydrogen-bond donors (Lipinski definition) is 2. The van der Waals surface area contributed by atoms with E-state index in [-0.39, 0.29) is 23.3 Å². The molecule has 1 fully saturated rings. The van der Waals surface area contributed by atoms with Gasteiger partial charge in [-0.25, -0.2) is 0 Å². The van der Waals surface area contributed by atoms with Gasteiger partial charge in [0.15, 0.2) is 5.43 Å². The summed E-state index contributed by atoms with van der Waals surface area (Å²) in [6.45, 7) is 2.93. The fourth-order valence-electron chi connectivity index (χ4n) is 2.66. The van der Waals surface area contributed by atoms with Gasteiger partial charge in [-0.05, 0) is 32.1 Å². The summed E-state index contributed by atoms with van der Waals surface area (Å²) in [5.74, 6) is -0.672. The lowest BCUT2D eigenvalue weighted by molar-refractivity contribution is -0.137. The number of nitrogens with one attached hydrogen (secondary N) is 1. The normalized spacial score (nSPS) is 16.0. The standard InChI is InChI=1S/C15H20N2O4/c1-10-8-13(18)12(9-16-10)15(21)17-6-4-11(5-7-17)2-3-14(19)20/h8-9,11H,2-7H2,1H3,(H,16,18)(H,19,20). The summed E-state index contributed by atoms with van der Waals surface area (Å²) in [5, 5.41) is 8.68. The zero-order valence-electron chi connectivity index (χ0n) is 12.1. The summed E-state index contributed by atoms with van der Waals surface area (Å²) in [5.41, 5.74) is 0.637. The number of aromatic nitrogens is 1. The van der Waals surface area contributed by atoms with Crippen molar-refractivity contribution in [3.63, 3.8) is 0 Å². The van der Waals surface area contributed by atoms with Gasteiger partial charge in [0.2, 0.25) is 0 Å². The van der Waals surface area contributed by atoms with E-state index in [2.05, 4.69) is 4.98 Å². The number of carbonyl (C=O) groups is 2. The van der Waals surface area contributed by atoms with Crippen molar-refractivity contribution in [3.05, 3.63) is 33.7 Å². The van der Waals surface area contributed by atoms with Crippen molar-refractivity contribution in [1.82, 2.24) is 9.88 Å². The maximum Gasteiger partial charge on any atom is 0.303 e. The second-order valence-corrected chi connectivity index (χ2v) is 5.56. The van der Waals surface area contributed by atoms with E-state index in [0.717, 1.165) is 18.5 Å². The number of hydrogen-bond acceptors (Lipinski definition) is 3.